The molecule has 158 valence electrons. The molecule has 2 bridgehead atoms. The van der Waals surface area contributed by atoms with Crippen molar-refractivity contribution in [2.45, 2.75) is 31.4 Å². The topological polar surface area (TPSA) is 50.8 Å². The minimum Gasteiger partial charge on any atom is -0.493 e. The number of alkyl carbamates (subject to hydrolysis) is 1. The lowest BCUT2D eigenvalue weighted by Gasteiger charge is -2.44. The smallest absolute Gasteiger partial charge is 0.407 e. The van der Waals surface area contributed by atoms with Gasteiger partial charge in [0.2, 0.25) is 0 Å². The summed E-state index contributed by atoms with van der Waals surface area (Å²) in [5, 5.41) is 4.24. The van der Waals surface area contributed by atoms with Crippen LogP contribution in [0.2, 0.25) is 10.0 Å². The number of carbonyl (C=O) groups is 1. The lowest BCUT2D eigenvalue weighted by molar-refractivity contribution is -0.0342. The van der Waals surface area contributed by atoms with Crippen LogP contribution in [-0.4, -0.2) is 43.3 Å². The van der Waals surface area contributed by atoms with Gasteiger partial charge in [0.05, 0.1) is 12.6 Å². The van der Waals surface area contributed by atoms with Crippen molar-refractivity contribution in [2.75, 3.05) is 26.2 Å². The molecule has 0 aromatic heterocycles. The Balaban J connectivity index is 1.30. The van der Waals surface area contributed by atoms with Crippen LogP contribution in [-0.2, 0) is 4.74 Å². The Labute approximate surface area is 186 Å². The number of ether oxygens (including phenoxy) is 2. The maximum absolute atomic E-state index is 12.6. The zero-order valence-electron chi connectivity index (χ0n) is 16.6. The van der Waals surface area contributed by atoms with E-state index in [0.717, 1.165) is 54.9 Å². The van der Waals surface area contributed by atoms with Crippen LogP contribution in [0.5, 0.6) is 5.75 Å². The molecule has 6 rings (SSSR count). The molecule has 4 heterocycles. The molecule has 5 nitrogen and oxygen atoms in total. The van der Waals surface area contributed by atoms with Gasteiger partial charge in [0.15, 0.2) is 0 Å². The standard InChI is InChI=1S/C23H24Cl2N2O3/c24-17-9-16(10-18(25)12-17)15-1-2-19-20(5-8-29-21(19)11-15)26-23(28)30-22-13-27-6-3-14(22)4-7-27/h1-2,9-12,14,20,22H,3-8,13H2,(H,26,28)/t20?,22-/m0/s1. The fraction of sp³-hybridized carbons (Fsp3) is 0.435. The average Bonchev–Trinajstić information content (AvgIpc) is 2.74. The highest BCUT2D eigenvalue weighted by Gasteiger charge is 2.37. The number of nitrogens with one attached hydrogen (secondary N) is 1. The Morgan fingerprint density at radius 2 is 1.80 bits per heavy atom. The highest BCUT2D eigenvalue weighted by molar-refractivity contribution is 6.35. The predicted octanol–water partition coefficient (Wildman–Crippen LogP) is 5.30. The van der Waals surface area contributed by atoms with Crippen molar-refractivity contribution >= 4 is 29.3 Å². The third-order valence-electron chi connectivity index (χ3n) is 6.40. The van der Waals surface area contributed by atoms with Gasteiger partial charge in [0.1, 0.15) is 11.9 Å². The number of fused-ring (bicyclic) bond motifs is 4. The van der Waals surface area contributed by atoms with Crippen LogP contribution in [0.3, 0.4) is 0 Å². The largest absolute Gasteiger partial charge is 0.493 e. The summed E-state index contributed by atoms with van der Waals surface area (Å²) in [4.78, 5) is 15.0. The van der Waals surface area contributed by atoms with E-state index in [1.165, 1.54) is 0 Å². The number of carbonyl (C=O) groups excluding carboxylic acids is 1. The molecule has 30 heavy (non-hydrogen) atoms. The zero-order chi connectivity index (χ0) is 20.7. The molecule has 1 unspecified atom stereocenters. The molecule has 3 fully saturated rings. The van der Waals surface area contributed by atoms with E-state index in [0.29, 0.717) is 29.0 Å². The van der Waals surface area contributed by atoms with E-state index in [4.69, 9.17) is 32.7 Å². The van der Waals surface area contributed by atoms with Gasteiger partial charge in [0.25, 0.3) is 0 Å². The Morgan fingerprint density at radius 1 is 1.03 bits per heavy atom. The highest BCUT2D eigenvalue weighted by Crippen LogP contribution is 2.37. The molecule has 1 N–H and O–H groups in total. The Kier molecular flexibility index (Phi) is 5.52. The molecule has 0 spiro atoms. The maximum atomic E-state index is 12.6. The second kappa shape index (κ2) is 8.29. The highest BCUT2D eigenvalue weighted by atomic mass is 35.5. The minimum absolute atomic E-state index is 0.00163. The fourth-order valence-corrected chi connectivity index (χ4v) is 5.32. The minimum atomic E-state index is -0.336. The third kappa shape index (κ3) is 4.11. The first-order valence-corrected chi connectivity index (χ1v) is 11.2. The summed E-state index contributed by atoms with van der Waals surface area (Å²) in [6, 6.07) is 11.3. The molecular formula is C23H24Cl2N2O3. The fourth-order valence-electron chi connectivity index (χ4n) is 4.80. The van der Waals surface area contributed by atoms with Gasteiger partial charge in [-0.1, -0.05) is 35.3 Å². The van der Waals surface area contributed by atoms with E-state index in [1.807, 2.05) is 30.3 Å². The first-order chi connectivity index (χ1) is 14.5. The maximum Gasteiger partial charge on any atom is 0.407 e. The molecule has 0 aliphatic carbocycles. The van der Waals surface area contributed by atoms with Crippen LogP contribution in [0, 0.1) is 5.92 Å². The number of hydrogen-bond acceptors (Lipinski definition) is 4. The van der Waals surface area contributed by atoms with Gasteiger partial charge in [-0.15, -0.1) is 0 Å². The second-order valence-electron chi connectivity index (χ2n) is 8.33. The molecule has 0 saturated carbocycles. The van der Waals surface area contributed by atoms with Crippen LogP contribution in [0.4, 0.5) is 4.79 Å². The number of rotatable bonds is 3. The number of benzene rings is 2. The van der Waals surface area contributed by atoms with E-state index < -0.39 is 0 Å². The van der Waals surface area contributed by atoms with Crippen molar-refractivity contribution in [2.24, 2.45) is 5.92 Å². The van der Waals surface area contributed by atoms with Gasteiger partial charge in [-0.05, 0) is 67.2 Å². The van der Waals surface area contributed by atoms with Gasteiger partial charge in [0, 0.05) is 28.6 Å². The number of piperidine rings is 3. The summed E-state index contributed by atoms with van der Waals surface area (Å²) in [5.74, 6) is 1.26. The van der Waals surface area contributed by atoms with Crippen LogP contribution < -0.4 is 10.1 Å². The molecule has 2 atom stereocenters. The number of halogens is 2. The van der Waals surface area contributed by atoms with Crippen molar-refractivity contribution in [1.82, 2.24) is 10.2 Å². The summed E-state index contributed by atoms with van der Waals surface area (Å²) in [6.45, 7) is 3.64. The molecule has 1 amide bonds. The Hall–Kier alpha value is -1.95. The molecule has 0 radical (unpaired) electrons. The summed E-state index contributed by atoms with van der Waals surface area (Å²) < 4.78 is 11.7. The summed E-state index contributed by atoms with van der Waals surface area (Å²) in [7, 11) is 0. The normalized spacial score (nSPS) is 27.1. The monoisotopic (exact) mass is 446 g/mol. The van der Waals surface area contributed by atoms with Crippen LogP contribution >= 0.6 is 23.2 Å². The van der Waals surface area contributed by atoms with E-state index in [2.05, 4.69) is 10.2 Å². The first-order valence-electron chi connectivity index (χ1n) is 10.5. The van der Waals surface area contributed by atoms with Crippen molar-refractivity contribution in [1.29, 1.82) is 0 Å². The first kappa shape index (κ1) is 20.0. The third-order valence-corrected chi connectivity index (χ3v) is 6.83. The lowest BCUT2D eigenvalue weighted by atomic mass is 9.86. The van der Waals surface area contributed by atoms with E-state index in [-0.39, 0.29) is 18.2 Å². The summed E-state index contributed by atoms with van der Waals surface area (Å²) in [5.41, 5.74) is 2.85. The van der Waals surface area contributed by atoms with Crippen molar-refractivity contribution in [3.8, 4) is 16.9 Å². The quantitative estimate of drug-likeness (QED) is 0.694. The lowest BCUT2D eigenvalue weighted by Crippen LogP contribution is -2.52. The molecule has 2 aromatic rings. The Morgan fingerprint density at radius 3 is 2.50 bits per heavy atom. The number of nitrogens with zero attached hydrogens (tertiary/aromatic N) is 1. The van der Waals surface area contributed by atoms with Crippen LogP contribution in [0.15, 0.2) is 36.4 Å². The van der Waals surface area contributed by atoms with Gasteiger partial charge in [-0.25, -0.2) is 4.79 Å². The average molecular weight is 447 g/mol. The van der Waals surface area contributed by atoms with Crippen molar-refractivity contribution in [3.05, 3.63) is 52.0 Å². The van der Waals surface area contributed by atoms with Gasteiger partial charge in [-0.3, -0.25) is 4.90 Å². The van der Waals surface area contributed by atoms with Crippen molar-refractivity contribution < 1.29 is 14.3 Å². The Bertz CT molecular complexity index is 939. The van der Waals surface area contributed by atoms with Gasteiger partial charge < -0.3 is 14.8 Å². The van der Waals surface area contributed by atoms with Gasteiger partial charge >= 0.3 is 6.09 Å². The molecule has 3 saturated heterocycles. The number of amides is 1. The van der Waals surface area contributed by atoms with E-state index in [9.17, 15) is 4.79 Å². The molecule has 2 aromatic carbocycles. The van der Waals surface area contributed by atoms with Crippen molar-refractivity contribution in [3.63, 3.8) is 0 Å². The van der Waals surface area contributed by atoms with Crippen LogP contribution in [0.1, 0.15) is 30.9 Å². The summed E-state index contributed by atoms with van der Waals surface area (Å²) in [6.07, 6.45) is 2.62. The van der Waals surface area contributed by atoms with Gasteiger partial charge in [-0.2, -0.15) is 0 Å². The molecule has 4 aliphatic heterocycles. The molecule has 7 heteroatoms. The second-order valence-corrected chi connectivity index (χ2v) is 9.20. The predicted molar refractivity (Wildman–Crippen MR) is 117 cm³/mol. The van der Waals surface area contributed by atoms with Crippen LogP contribution in [0.25, 0.3) is 11.1 Å². The van der Waals surface area contributed by atoms with E-state index >= 15 is 0 Å². The van der Waals surface area contributed by atoms with E-state index in [1.54, 1.807) is 6.07 Å². The zero-order valence-corrected chi connectivity index (χ0v) is 18.1. The summed E-state index contributed by atoms with van der Waals surface area (Å²) >= 11 is 12.3. The molecule has 4 aliphatic rings. The SMILES string of the molecule is O=C(NC1CCOc2cc(-c3cc(Cl)cc(Cl)c3)ccc21)O[C@H]1CN2CCC1CC2. The molecular weight excluding hydrogens is 423 g/mol. The number of hydrogen-bond donors (Lipinski definition) is 1.